The molecule has 0 fully saturated rings. The van der Waals surface area contributed by atoms with Crippen LogP contribution in [0.25, 0.3) is 0 Å². The fourth-order valence-corrected chi connectivity index (χ4v) is 2.40. The van der Waals surface area contributed by atoms with Crippen molar-refractivity contribution in [3.05, 3.63) is 63.2 Å². The molecule has 0 N–H and O–H groups in total. The third kappa shape index (κ3) is 5.68. The predicted octanol–water partition coefficient (Wildman–Crippen LogP) is 4.18. The van der Waals surface area contributed by atoms with Crippen LogP contribution >= 0.6 is 0 Å². The lowest BCUT2D eigenvalue weighted by atomic mass is 10.0. The highest BCUT2D eigenvalue weighted by atomic mass is 16.6. The van der Waals surface area contributed by atoms with Gasteiger partial charge in [0.05, 0.1) is 16.3 Å². The fourth-order valence-electron chi connectivity index (χ4n) is 2.40. The molecule has 2 rings (SSSR count). The van der Waals surface area contributed by atoms with Crippen molar-refractivity contribution in [2.75, 3.05) is 0 Å². The Morgan fingerprint density at radius 2 is 1.68 bits per heavy atom. The number of nitro benzene ring substituents is 1. The van der Waals surface area contributed by atoms with E-state index in [0.29, 0.717) is 17.5 Å². The molecular weight excluding hydrogens is 314 g/mol. The van der Waals surface area contributed by atoms with Gasteiger partial charge in [0.15, 0.2) is 0 Å². The third-order valence-corrected chi connectivity index (χ3v) is 3.52. The summed E-state index contributed by atoms with van der Waals surface area (Å²) in [5.41, 5.74) is 3.32. The maximum Gasteiger partial charge on any atom is 0.269 e. The first-order chi connectivity index (χ1) is 11.8. The van der Waals surface area contributed by atoms with E-state index < -0.39 is 4.92 Å². The highest BCUT2D eigenvalue weighted by molar-refractivity contribution is 5.45. The van der Waals surface area contributed by atoms with Gasteiger partial charge < -0.3 is 0 Å². The number of non-ortho nitro benzene ring substituents is 1. The summed E-state index contributed by atoms with van der Waals surface area (Å²) in [5.74, 6) is 7.11. The van der Waals surface area contributed by atoms with E-state index in [9.17, 15) is 10.1 Å². The van der Waals surface area contributed by atoms with Crippen LogP contribution in [-0.2, 0) is 12.8 Å². The van der Waals surface area contributed by atoms with E-state index in [2.05, 4.69) is 49.5 Å². The van der Waals surface area contributed by atoms with Crippen molar-refractivity contribution in [3.63, 3.8) is 0 Å². The Kier molecular flexibility index (Phi) is 6.24. The molecule has 0 saturated heterocycles. The Balaban J connectivity index is 2.33. The van der Waals surface area contributed by atoms with E-state index in [-0.39, 0.29) is 5.69 Å². The highest BCUT2D eigenvalue weighted by Crippen LogP contribution is 2.13. The van der Waals surface area contributed by atoms with Crippen LogP contribution in [0.2, 0.25) is 0 Å². The van der Waals surface area contributed by atoms with Gasteiger partial charge in [0, 0.05) is 23.9 Å². The highest BCUT2D eigenvalue weighted by Gasteiger charge is 2.09. The molecular formula is C20H23N3O2. The molecule has 0 amide bonds. The summed E-state index contributed by atoms with van der Waals surface area (Å²) in [4.78, 5) is 19.5. The average molecular weight is 337 g/mol. The van der Waals surface area contributed by atoms with Crippen molar-refractivity contribution >= 4 is 5.69 Å². The van der Waals surface area contributed by atoms with Crippen molar-refractivity contribution in [3.8, 4) is 11.8 Å². The summed E-state index contributed by atoms with van der Waals surface area (Å²) in [6, 6.07) is 6.22. The lowest BCUT2D eigenvalue weighted by molar-refractivity contribution is -0.384. The molecule has 5 nitrogen and oxygen atoms in total. The van der Waals surface area contributed by atoms with Gasteiger partial charge in [0.25, 0.3) is 5.69 Å². The molecule has 0 radical (unpaired) electrons. The number of benzene rings is 1. The van der Waals surface area contributed by atoms with Crippen LogP contribution in [0.5, 0.6) is 0 Å². The second kappa shape index (κ2) is 8.39. The van der Waals surface area contributed by atoms with Crippen molar-refractivity contribution in [2.24, 2.45) is 11.8 Å². The zero-order chi connectivity index (χ0) is 18.4. The van der Waals surface area contributed by atoms with Crippen LogP contribution in [0, 0.1) is 33.8 Å². The molecule has 5 heteroatoms. The zero-order valence-electron chi connectivity index (χ0n) is 15.1. The van der Waals surface area contributed by atoms with Gasteiger partial charge in [-0.05, 0) is 42.7 Å². The molecule has 0 bridgehead atoms. The Morgan fingerprint density at radius 1 is 1.04 bits per heavy atom. The van der Waals surface area contributed by atoms with Crippen LogP contribution in [-0.4, -0.2) is 14.9 Å². The van der Waals surface area contributed by atoms with Gasteiger partial charge >= 0.3 is 0 Å². The SMILES string of the molecule is CC(C)Cc1cnc(CC(C)C)c(C#Cc2ccc([N+](=O)[O-])cc2)n1. The van der Waals surface area contributed by atoms with Gasteiger partial charge in [0.2, 0.25) is 0 Å². The van der Waals surface area contributed by atoms with Gasteiger partial charge in [0.1, 0.15) is 5.69 Å². The lowest BCUT2D eigenvalue weighted by Crippen LogP contribution is -2.07. The molecule has 1 aromatic heterocycles. The minimum absolute atomic E-state index is 0.0600. The fraction of sp³-hybridized carbons (Fsp3) is 0.400. The van der Waals surface area contributed by atoms with Gasteiger partial charge in [-0.25, -0.2) is 4.98 Å². The van der Waals surface area contributed by atoms with Crippen molar-refractivity contribution < 1.29 is 4.92 Å². The molecule has 0 aliphatic heterocycles. The van der Waals surface area contributed by atoms with Gasteiger partial charge in [-0.2, -0.15) is 0 Å². The zero-order valence-corrected chi connectivity index (χ0v) is 15.1. The topological polar surface area (TPSA) is 68.9 Å². The molecule has 0 unspecified atom stereocenters. The molecule has 0 spiro atoms. The van der Waals surface area contributed by atoms with Crippen LogP contribution in [0.1, 0.15) is 50.3 Å². The smallest absolute Gasteiger partial charge is 0.258 e. The largest absolute Gasteiger partial charge is 0.269 e. The summed E-state index contributed by atoms with van der Waals surface area (Å²) in [6.07, 6.45) is 3.52. The molecule has 1 heterocycles. The average Bonchev–Trinajstić information content (AvgIpc) is 2.54. The molecule has 2 aromatic rings. The van der Waals surface area contributed by atoms with E-state index in [1.54, 1.807) is 12.1 Å². The molecule has 0 saturated carbocycles. The van der Waals surface area contributed by atoms with Crippen LogP contribution < -0.4 is 0 Å². The number of nitrogens with zero attached hydrogens (tertiary/aromatic N) is 3. The molecule has 1 aromatic carbocycles. The maximum absolute atomic E-state index is 10.7. The predicted molar refractivity (Wildman–Crippen MR) is 98.2 cm³/mol. The Hall–Kier alpha value is -2.74. The molecule has 130 valence electrons. The summed E-state index contributed by atoms with van der Waals surface area (Å²) in [6.45, 7) is 8.56. The summed E-state index contributed by atoms with van der Waals surface area (Å²) in [5, 5.41) is 10.7. The molecule has 0 atom stereocenters. The van der Waals surface area contributed by atoms with Crippen LogP contribution in [0.4, 0.5) is 5.69 Å². The number of nitro groups is 1. The molecule has 0 aliphatic carbocycles. The Morgan fingerprint density at radius 3 is 2.24 bits per heavy atom. The Bertz CT molecular complexity index is 800. The van der Waals surface area contributed by atoms with E-state index in [4.69, 9.17) is 0 Å². The minimum Gasteiger partial charge on any atom is -0.258 e. The van der Waals surface area contributed by atoms with E-state index in [1.165, 1.54) is 12.1 Å². The van der Waals surface area contributed by atoms with Crippen molar-refractivity contribution in [1.29, 1.82) is 0 Å². The maximum atomic E-state index is 10.7. The standard InChI is InChI=1S/C20H23N3O2/c1-14(2)11-17-13-21-20(12-15(3)4)19(22-17)10-7-16-5-8-18(9-6-16)23(24)25/h5-6,8-9,13-15H,11-12H2,1-4H3. The number of hydrogen-bond acceptors (Lipinski definition) is 4. The molecule has 0 aliphatic rings. The van der Waals surface area contributed by atoms with E-state index in [1.807, 2.05) is 6.20 Å². The first kappa shape index (κ1) is 18.6. The minimum atomic E-state index is -0.418. The van der Waals surface area contributed by atoms with E-state index >= 15 is 0 Å². The number of hydrogen-bond donors (Lipinski definition) is 0. The van der Waals surface area contributed by atoms with Gasteiger partial charge in [-0.3, -0.25) is 15.1 Å². The Labute approximate surface area is 148 Å². The number of rotatable bonds is 5. The van der Waals surface area contributed by atoms with Crippen LogP contribution in [0.15, 0.2) is 30.5 Å². The summed E-state index contributed by atoms with van der Waals surface area (Å²) < 4.78 is 0. The van der Waals surface area contributed by atoms with Crippen molar-refractivity contribution in [1.82, 2.24) is 9.97 Å². The normalized spacial score (nSPS) is 10.6. The number of aromatic nitrogens is 2. The summed E-state index contributed by atoms with van der Waals surface area (Å²) in [7, 11) is 0. The monoisotopic (exact) mass is 337 g/mol. The van der Waals surface area contributed by atoms with Gasteiger partial charge in [-0.15, -0.1) is 0 Å². The first-order valence-electron chi connectivity index (χ1n) is 8.46. The first-order valence-corrected chi connectivity index (χ1v) is 8.46. The van der Waals surface area contributed by atoms with Crippen molar-refractivity contribution in [2.45, 2.75) is 40.5 Å². The van der Waals surface area contributed by atoms with Gasteiger partial charge in [-0.1, -0.05) is 33.6 Å². The second-order valence-corrected chi connectivity index (χ2v) is 6.91. The van der Waals surface area contributed by atoms with Crippen LogP contribution in [0.3, 0.4) is 0 Å². The van der Waals surface area contributed by atoms with E-state index in [0.717, 1.165) is 29.8 Å². The lowest BCUT2D eigenvalue weighted by Gasteiger charge is -2.09. The molecule has 25 heavy (non-hydrogen) atoms. The summed E-state index contributed by atoms with van der Waals surface area (Å²) >= 11 is 0. The second-order valence-electron chi connectivity index (χ2n) is 6.91. The quantitative estimate of drug-likeness (QED) is 0.466. The third-order valence-electron chi connectivity index (χ3n) is 3.52.